The second kappa shape index (κ2) is 8.35. The number of halogens is 1. The van der Waals surface area contributed by atoms with Gasteiger partial charge in [0.2, 0.25) is 11.7 Å². The summed E-state index contributed by atoms with van der Waals surface area (Å²) in [7, 11) is 0. The Labute approximate surface area is 177 Å². The molecule has 0 bridgehead atoms. The zero-order valence-corrected chi connectivity index (χ0v) is 17.6. The van der Waals surface area contributed by atoms with E-state index in [1.165, 1.54) is 23.5 Å². The molecule has 0 unspecified atom stereocenters. The molecule has 3 aromatic rings. The van der Waals surface area contributed by atoms with Crippen molar-refractivity contribution in [2.24, 2.45) is 5.92 Å². The number of thiophene rings is 1. The second-order valence-corrected chi connectivity index (χ2v) is 8.34. The van der Waals surface area contributed by atoms with Gasteiger partial charge in [0, 0.05) is 32.1 Å². The summed E-state index contributed by atoms with van der Waals surface area (Å²) in [6.45, 7) is 5.63. The third-order valence-electron chi connectivity index (χ3n) is 4.98. The molecule has 156 valence electrons. The minimum absolute atomic E-state index is 0.0614. The van der Waals surface area contributed by atoms with Crippen molar-refractivity contribution < 1.29 is 14.0 Å². The molecule has 0 aliphatic carbocycles. The van der Waals surface area contributed by atoms with Gasteiger partial charge in [0.05, 0.1) is 10.6 Å². The molecule has 30 heavy (non-hydrogen) atoms. The van der Waals surface area contributed by atoms with Crippen LogP contribution in [-0.2, 0) is 4.79 Å². The summed E-state index contributed by atoms with van der Waals surface area (Å²) in [6, 6.07) is 9.70. The highest BCUT2D eigenvalue weighted by Crippen LogP contribution is 2.26. The van der Waals surface area contributed by atoms with Crippen LogP contribution in [0.15, 0.2) is 41.8 Å². The summed E-state index contributed by atoms with van der Waals surface area (Å²) in [4.78, 5) is 34.1. The van der Waals surface area contributed by atoms with Crippen molar-refractivity contribution in [3.05, 3.63) is 53.4 Å². The highest BCUT2D eigenvalue weighted by atomic mass is 32.1. The molecule has 0 spiro atoms. The summed E-state index contributed by atoms with van der Waals surface area (Å²) in [6.07, 6.45) is 0. The lowest BCUT2D eigenvalue weighted by Crippen LogP contribution is -2.51. The molecule has 9 heteroatoms. The number of hydrogen-bond donors (Lipinski definition) is 0. The number of nitrogens with zero attached hydrogens (tertiary/aromatic N) is 5. The summed E-state index contributed by atoms with van der Waals surface area (Å²) < 4.78 is 14.9. The Morgan fingerprint density at radius 3 is 2.30 bits per heavy atom. The van der Waals surface area contributed by atoms with Crippen molar-refractivity contribution in [3.8, 4) is 16.4 Å². The number of rotatable bonds is 4. The first-order valence-corrected chi connectivity index (χ1v) is 10.7. The Kier molecular flexibility index (Phi) is 5.63. The molecule has 1 aliphatic heterocycles. The van der Waals surface area contributed by atoms with E-state index >= 15 is 0 Å². The van der Waals surface area contributed by atoms with Crippen molar-refractivity contribution in [2.75, 3.05) is 26.2 Å². The molecular weight excluding hydrogens is 405 g/mol. The van der Waals surface area contributed by atoms with Crippen LogP contribution in [0, 0.1) is 11.7 Å². The molecule has 3 heterocycles. The summed E-state index contributed by atoms with van der Waals surface area (Å²) in [5.41, 5.74) is 0.624. The Bertz CT molecular complexity index is 1040. The number of carbonyl (C=O) groups is 2. The molecule has 7 nitrogen and oxygen atoms in total. The number of aromatic nitrogens is 3. The zero-order valence-electron chi connectivity index (χ0n) is 16.8. The molecule has 1 aromatic carbocycles. The fourth-order valence-corrected chi connectivity index (χ4v) is 4.07. The summed E-state index contributed by atoms with van der Waals surface area (Å²) in [5.74, 6) is 0.0429. The second-order valence-electron chi connectivity index (χ2n) is 7.40. The molecule has 1 saturated heterocycles. The van der Waals surface area contributed by atoms with E-state index in [1.54, 1.807) is 26.6 Å². The van der Waals surface area contributed by atoms with E-state index in [2.05, 4.69) is 10.1 Å². The Morgan fingerprint density at radius 1 is 1.03 bits per heavy atom. The van der Waals surface area contributed by atoms with Gasteiger partial charge in [0.25, 0.3) is 5.91 Å². The molecule has 2 amide bonds. The molecule has 0 radical (unpaired) electrons. The maximum Gasteiger partial charge on any atom is 0.293 e. The van der Waals surface area contributed by atoms with E-state index in [0.29, 0.717) is 37.7 Å². The van der Waals surface area contributed by atoms with Crippen LogP contribution in [0.5, 0.6) is 0 Å². The third-order valence-corrected chi connectivity index (χ3v) is 5.85. The van der Waals surface area contributed by atoms with Gasteiger partial charge < -0.3 is 9.80 Å². The van der Waals surface area contributed by atoms with E-state index in [-0.39, 0.29) is 29.4 Å². The summed E-state index contributed by atoms with van der Waals surface area (Å²) in [5, 5.41) is 6.36. The van der Waals surface area contributed by atoms with Crippen LogP contribution < -0.4 is 0 Å². The van der Waals surface area contributed by atoms with Crippen LogP contribution in [-0.4, -0.2) is 62.6 Å². The number of hydrogen-bond acceptors (Lipinski definition) is 5. The van der Waals surface area contributed by atoms with Crippen molar-refractivity contribution in [2.45, 2.75) is 13.8 Å². The largest absolute Gasteiger partial charge is 0.339 e. The Balaban J connectivity index is 1.59. The first-order chi connectivity index (χ1) is 14.4. The monoisotopic (exact) mass is 427 g/mol. The standard InChI is InChI=1S/C21H22FN5O2S/c1-14(2)20(28)25-9-11-26(12-10-25)21(29)18-23-19(17-4-3-13-30-17)27(24-18)16-7-5-15(22)6-8-16/h3-8,13-14H,9-12H2,1-2H3. The normalized spacial score (nSPS) is 14.4. The van der Waals surface area contributed by atoms with Crippen LogP contribution in [0.25, 0.3) is 16.4 Å². The van der Waals surface area contributed by atoms with E-state index in [9.17, 15) is 14.0 Å². The first kappa shape index (κ1) is 20.2. The number of amides is 2. The van der Waals surface area contributed by atoms with Gasteiger partial charge in [-0.25, -0.2) is 14.1 Å². The van der Waals surface area contributed by atoms with Gasteiger partial charge >= 0.3 is 0 Å². The molecule has 4 rings (SSSR count). The lowest BCUT2D eigenvalue weighted by atomic mass is 10.1. The number of piperazine rings is 1. The van der Waals surface area contributed by atoms with Gasteiger partial charge in [0.15, 0.2) is 5.82 Å². The molecule has 0 N–H and O–H groups in total. The average Bonchev–Trinajstić information content (AvgIpc) is 3.43. The molecular formula is C21H22FN5O2S. The Hall–Kier alpha value is -3.07. The van der Waals surface area contributed by atoms with Gasteiger partial charge in [-0.3, -0.25) is 9.59 Å². The van der Waals surface area contributed by atoms with E-state index in [4.69, 9.17) is 0 Å². The predicted molar refractivity (Wildman–Crippen MR) is 112 cm³/mol. The van der Waals surface area contributed by atoms with Crippen molar-refractivity contribution in [1.82, 2.24) is 24.6 Å². The van der Waals surface area contributed by atoms with Crippen LogP contribution in [0.4, 0.5) is 4.39 Å². The van der Waals surface area contributed by atoms with Gasteiger partial charge in [-0.1, -0.05) is 19.9 Å². The van der Waals surface area contributed by atoms with Crippen molar-refractivity contribution in [3.63, 3.8) is 0 Å². The zero-order chi connectivity index (χ0) is 21.3. The topological polar surface area (TPSA) is 71.3 Å². The first-order valence-electron chi connectivity index (χ1n) is 9.79. The number of benzene rings is 1. The minimum Gasteiger partial charge on any atom is -0.339 e. The van der Waals surface area contributed by atoms with E-state index < -0.39 is 0 Å². The quantitative estimate of drug-likeness (QED) is 0.642. The molecule has 1 aliphatic rings. The van der Waals surface area contributed by atoms with Gasteiger partial charge in [-0.15, -0.1) is 16.4 Å². The molecule has 1 fully saturated rings. The molecule has 0 saturated carbocycles. The lowest BCUT2D eigenvalue weighted by Gasteiger charge is -2.35. The SMILES string of the molecule is CC(C)C(=O)N1CCN(C(=O)c2nc(-c3cccs3)n(-c3ccc(F)cc3)n2)CC1. The van der Waals surface area contributed by atoms with E-state index in [1.807, 2.05) is 31.4 Å². The highest BCUT2D eigenvalue weighted by molar-refractivity contribution is 7.13. The fraction of sp³-hybridized carbons (Fsp3) is 0.333. The van der Waals surface area contributed by atoms with Crippen LogP contribution >= 0.6 is 11.3 Å². The Morgan fingerprint density at radius 2 is 1.70 bits per heavy atom. The van der Waals surface area contributed by atoms with Crippen LogP contribution in [0.1, 0.15) is 24.5 Å². The molecule has 2 aromatic heterocycles. The fourth-order valence-electron chi connectivity index (χ4n) is 3.37. The lowest BCUT2D eigenvalue weighted by molar-refractivity contribution is -0.135. The maximum absolute atomic E-state index is 13.4. The van der Waals surface area contributed by atoms with Crippen molar-refractivity contribution >= 4 is 23.2 Å². The minimum atomic E-state index is -0.346. The number of carbonyl (C=O) groups excluding carboxylic acids is 2. The predicted octanol–water partition coefficient (Wildman–Crippen LogP) is 3.08. The average molecular weight is 428 g/mol. The van der Waals surface area contributed by atoms with Gasteiger partial charge in [0.1, 0.15) is 5.82 Å². The molecule has 0 atom stereocenters. The van der Waals surface area contributed by atoms with Crippen molar-refractivity contribution in [1.29, 1.82) is 0 Å². The van der Waals surface area contributed by atoms with Gasteiger partial charge in [-0.05, 0) is 35.7 Å². The maximum atomic E-state index is 13.4. The van der Waals surface area contributed by atoms with Crippen LogP contribution in [0.3, 0.4) is 0 Å². The third kappa shape index (κ3) is 3.97. The highest BCUT2D eigenvalue weighted by Gasteiger charge is 2.29. The smallest absolute Gasteiger partial charge is 0.293 e. The van der Waals surface area contributed by atoms with Crippen LogP contribution in [0.2, 0.25) is 0 Å². The van der Waals surface area contributed by atoms with E-state index in [0.717, 1.165) is 4.88 Å². The summed E-state index contributed by atoms with van der Waals surface area (Å²) >= 11 is 1.49. The van der Waals surface area contributed by atoms with Gasteiger partial charge in [-0.2, -0.15) is 0 Å².